The second kappa shape index (κ2) is 5.38. The molecule has 0 spiro atoms. The van der Waals surface area contributed by atoms with Crippen LogP contribution in [-0.2, 0) is 6.54 Å². The molecule has 7 heteroatoms. The van der Waals surface area contributed by atoms with Gasteiger partial charge in [-0.3, -0.25) is 9.36 Å². The first-order valence-electron chi connectivity index (χ1n) is 5.02. The van der Waals surface area contributed by atoms with Gasteiger partial charge in [-0.25, -0.2) is 9.97 Å². The zero-order valence-corrected chi connectivity index (χ0v) is 12.4. The summed E-state index contributed by atoms with van der Waals surface area (Å²) < 4.78 is 1.88. The summed E-state index contributed by atoms with van der Waals surface area (Å²) in [6, 6.07) is 3.25. The number of nitrogens with zero attached hydrogens (tertiary/aromatic N) is 3. The van der Waals surface area contributed by atoms with Crippen LogP contribution >= 0.6 is 39.1 Å². The molecule has 0 aliphatic carbocycles. The van der Waals surface area contributed by atoms with Crippen LogP contribution in [0.2, 0.25) is 10.2 Å². The van der Waals surface area contributed by atoms with E-state index in [-0.39, 0.29) is 12.1 Å². The van der Waals surface area contributed by atoms with Gasteiger partial charge in [-0.05, 0) is 35.0 Å². The molecule has 0 aliphatic heterocycles. The summed E-state index contributed by atoms with van der Waals surface area (Å²) in [4.78, 5) is 20.2. The molecule has 0 unspecified atom stereocenters. The smallest absolute Gasteiger partial charge is 0.268 e. The van der Waals surface area contributed by atoms with Crippen LogP contribution < -0.4 is 5.56 Å². The highest BCUT2D eigenvalue weighted by atomic mass is 79.9. The zero-order valence-electron chi connectivity index (χ0n) is 9.32. The van der Waals surface area contributed by atoms with E-state index in [2.05, 4.69) is 25.9 Å². The Morgan fingerprint density at radius 3 is 2.83 bits per heavy atom. The topological polar surface area (TPSA) is 47.8 Å². The third-order valence-electron chi connectivity index (χ3n) is 2.40. The van der Waals surface area contributed by atoms with Crippen molar-refractivity contribution in [1.29, 1.82) is 0 Å². The van der Waals surface area contributed by atoms with Crippen LogP contribution in [0.5, 0.6) is 0 Å². The third kappa shape index (κ3) is 2.74. The predicted molar refractivity (Wildman–Crippen MR) is 74.3 cm³/mol. The molecule has 18 heavy (non-hydrogen) atoms. The average Bonchev–Trinajstić information content (AvgIpc) is 2.34. The second-order valence-electron chi connectivity index (χ2n) is 3.61. The van der Waals surface area contributed by atoms with Gasteiger partial charge in [-0.2, -0.15) is 0 Å². The third-order valence-corrected chi connectivity index (χ3v) is 3.50. The van der Waals surface area contributed by atoms with Crippen molar-refractivity contribution in [3.05, 3.63) is 54.9 Å². The van der Waals surface area contributed by atoms with Gasteiger partial charge in [0.05, 0.1) is 17.3 Å². The molecule has 0 fully saturated rings. The van der Waals surface area contributed by atoms with E-state index >= 15 is 0 Å². The molecule has 0 saturated carbocycles. The van der Waals surface area contributed by atoms with Gasteiger partial charge in [0.25, 0.3) is 5.56 Å². The van der Waals surface area contributed by atoms with E-state index in [1.165, 1.54) is 10.8 Å². The molecule has 2 aromatic rings. The zero-order chi connectivity index (χ0) is 13.3. The van der Waals surface area contributed by atoms with Crippen molar-refractivity contribution in [2.45, 2.75) is 13.5 Å². The standard InChI is InChI=1S/C11H8BrCl2N3O/c1-6-15-4-7(12)11(18)17(6)5-9-8(13)2-3-10(14)16-9/h2-4H,5H2,1H3. The summed E-state index contributed by atoms with van der Waals surface area (Å²) >= 11 is 15.0. The Labute approximate surface area is 122 Å². The van der Waals surface area contributed by atoms with E-state index in [0.29, 0.717) is 26.2 Å². The second-order valence-corrected chi connectivity index (χ2v) is 5.26. The van der Waals surface area contributed by atoms with E-state index in [1.807, 2.05) is 0 Å². The normalized spacial score (nSPS) is 10.7. The fourth-order valence-electron chi connectivity index (χ4n) is 1.46. The Morgan fingerprint density at radius 1 is 1.39 bits per heavy atom. The van der Waals surface area contributed by atoms with E-state index in [0.717, 1.165) is 0 Å². The van der Waals surface area contributed by atoms with E-state index < -0.39 is 0 Å². The molecule has 0 N–H and O–H groups in total. The van der Waals surface area contributed by atoms with Gasteiger partial charge in [0.2, 0.25) is 0 Å². The molecule has 0 radical (unpaired) electrons. The van der Waals surface area contributed by atoms with Gasteiger partial charge in [0, 0.05) is 6.20 Å². The van der Waals surface area contributed by atoms with Crippen LogP contribution in [0.25, 0.3) is 0 Å². The largest absolute Gasteiger partial charge is 0.290 e. The first-order chi connectivity index (χ1) is 8.49. The van der Waals surface area contributed by atoms with Crippen LogP contribution in [0, 0.1) is 6.92 Å². The van der Waals surface area contributed by atoms with Crippen molar-refractivity contribution in [3.63, 3.8) is 0 Å². The van der Waals surface area contributed by atoms with Gasteiger partial charge < -0.3 is 0 Å². The SMILES string of the molecule is Cc1ncc(Br)c(=O)n1Cc1nc(Cl)ccc1Cl. The number of pyridine rings is 1. The van der Waals surface area contributed by atoms with Gasteiger partial charge in [-0.15, -0.1) is 0 Å². The minimum Gasteiger partial charge on any atom is -0.290 e. The number of hydrogen-bond donors (Lipinski definition) is 0. The molecule has 0 atom stereocenters. The predicted octanol–water partition coefficient (Wildman–Crippen LogP) is 3.06. The Morgan fingerprint density at radius 2 is 2.11 bits per heavy atom. The Kier molecular flexibility index (Phi) is 4.04. The summed E-state index contributed by atoms with van der Waals surface area (Å²) in [5.41, 5.74) is 0.356. The minimum atomic E-state index is -0.180. The molecule has 0 aliphatic rings. The van der Waals surface area contributed by atoms with Crippen LogP contribution in [0.15, 0.2) is 27.6 Å². The molecule has 0 bridgehead atoms. The Hall–Kier alpha value is -0.910. The summed E-state index contributed by atoms with van der Waals surface area (Å²) in [7, 11) is 0. The lowest BCUT2D eigenvalue weighted by Crippen LogP contribution is -2.25. The van der Waals surface area contributed by atoms with Crippen LogP contribution in [0.4, 0.5) is 0 Å². The molecular weight excluding hydrogens is 341 g/mol. The van der Waals surface area contributed by atoms with Gasteiger partial charge in [0.1, 0.15) is 15.5 Å². The van der Waals surface area contributed by atoms with Gasteiger partial charge >= 0.3 is 0 Å². The molecular formula is C11H8BrCl2N3O. The highest BCUT2D eigenvalue weighted by molar-refractivity contribution is 9.10. The first kappa shape index (κ1) is 13.5. The van der Waals surface area contributed by atoms with Crippen molar-refractivity contribution in [2.75, 3.05) is 0 Å². The van der Waals surface area contributed by atoms with E-state index in [4.69, 9.17) is 23.2 Å². The van der Waals surface area contributed by atoms with E-state index in [9.17, 15) is 4.79 Å². The van der Waals surface area contributed by atoms with Crippen molar-refractivity contribution in [2.24, 2.45) is 0 Å². The highest BCUT2D eigenvalue weighted by Gasteiger charge is 2.10. The Balaban J connectivity index is 2.49. The van der Waals surface area contributed by atoms with Gasteiger partial charge in [0.15, 0.2) is 0 Å². The number of aromatic nitrogens is 3. The first-order valence-corrected chi connectivity index (χ1v) is 6.57. The molecule has 0 saturated heterocycles. The summed E-state index contributed by atoms with van der Waals surface area (Å²) in [5.74, 6) is 0.584. The molecule has 2 heterocycles. The van der Waals surface area contributed by atoms with Crippen molar-refractivity contribution < 1.29 is 0 Å². The summed E-state index contributed by atoms with van der Waals surface area (Å²) in [6.45, 7) is 1.97. The quantitative estimate of drug-likeness (QED) is 0.783. The fourth-order valence-corrected chi connectivity index (χ4v) is 2.10. The molecule has 2 rings (SSSR count). The lowest BCUT2D eigenvalue weighted by atomic mass is 10.3. The number of aryl methyl sites for hydroxylation is 1. The summed E-state index contributed by atoms with van der Waals surface area (Å²) in [5, 5.41) is 0.800. The number of hydrogen-bond acceptors (Lipinski definition) is 3. The maximum atomic E-state index is 12.0. The number of halogens is 3. The molecule has 94 valence electrons. The van der Waals surface area contributed by atoms with Crippen molar-refractivity contribution >= 4 is 39.1 Å². The van der Waals surface area contributed by atoms with Crippen molar-refractivity contribution in [3.8, 4) is 0 Å². The molecule has 2 aromatic heterocycles. The molecule has 0 aromatic carbocycles. The molecule has 4 nitrogen and oxygen atoms in total. The number of rotatable bonds is 2. The minimum absolute atomic E-state index is 0.180. The highest BCUT2D eigenvalue weighted by Crippen LogP contribution is 2.17. The lowest BCUT2D eigenvalue weighted by molar-refractivity contribution is 0.682. The van der Waals surface area contributed by atoms with Crippen molar-refractivity contribution in [1.82, 2.24) is 14.5 Å². The van der Waals surface area contributed by atoms with E-state index in [1.54, 1.807) is 19.1 Å². The van der Waals surface area contributed by atoms with Gasteiger partial charge in [-0.1, -0.05) is 23.2 Å². The monoisotopic (exact) mass is 347 g/mol. The average molecular weight is 349 g/mol. The molecule has 0 amide bonds. The maximum Gasteiger partial charge on any atom is 0.268 e. The maximum absolute atomic E-state index is 12.0. The van der Waals surface area contributed by atoms with Crippen LogP contribution in [0.1, 0.15) is 11.5 Å². The lowest BCUT2D eigenvalue weighted by Gasteiger charge is -2.10. The Bertz CT molecular complexity index is 657. The van der Waals surface area contributed by atoms with Crippen LogP contribution in [-0.4, -0.2) is 14.5 Å². The van der Waals surface area contributed by atoms with Crippen LogP contribution in [0.3, 0.4) is 0 Å². The summed E-state index contributed by atoms with van der Waals surface area (Å²) in [6.07, 6.45) is 1.47. The fraction of sp³-hybridized carbons (Fsp3) is 0.182.